The second-order valence-corrected chi connectivity index (χ2v) is 11.6. The molecule has 44 heavy (non-hydrogen) atoms. The molecule has 4 heteroatoms. The van der Waals surface area contributed by atoms with E-state index < -0.39 is 11.6 Å². The van der Waals surface area contributed by atoms with Crippen LogP contribution in [0.3, 0.4) is 0 Å². The normalized spacial score (nSPS) is 16.2. The number of hydrogen-bond donors (Lipinski definition) is 0. The molecule has 4 nitrogen and oxygen atoms in total. The third kappa shape index (κ3) is 4.14. The van der Waals surface area contributed by atoms with Crippen molar-refractivity contribution in [3.63, 3.8) is 0 Å². The van der Waals surface area contributed by atoms with Crippen molar-refractivity contribution >= 4 is 5.97 Å². The summed E-state index contributed by atoms with van der Waals surface area (Å²) in [5.41, 5.74) is 9.58. The SMILES string of the molecule is O=C(OCc1ccccc1)[C@@H]1c2ccn(Cc3ccccc3)c2CN1C1(c2ccccc2)c2ccccc2-c2ccccc21. The summed E-state index contributed by atoms with van der Waals surface area (Å²) in [5.74, 6) is -0.234. The number of benzene rings is 5. The molecule has 1 atom stereocenters. The summed E-state index contributed by atoms with van der Waals surface area (Å²) >= 11 is 0. The minimum atomic E-state index is -0.693. The lowest BCUT2D eigenvalue weighted by Gasteiger charge is -2.44. The van der Waals surface area contributed by atoms with Crippen molar-refractivity contribution in [2.24, 2.45) is 0 Å². The molecule has 0 bridgehead atoms. The predicted octanol–water partition coefficient (Wildman–Crippen LogP) is 8.11. The number of rotatable bonds is 7. The van der Waals surface area contributed by atoms with Gasteiger partial charge in [-0.15, -0.1) is 0 Å². The molecule has 214 valence electrons. The van der Waals surface area contributed by atoms with Crippen molar-refractivity contribution in [2.75, 3.05) is 0 Å². The maximum Gasteiger partial charge on any atom is 0.328 e. The van der Waals surface area contributed by atoms with Crippen LogP contribution >= 0.6 is 0 Å². The van der Waals surface area contributed by atoms with Crippen molar-refractivity contribution in [3.8, 4) is 11.1 Å². The molecule has 2 heterocycles. The van der Waals surface area contributed by atoms with Crippen LogP contribution in [-0.2, 0) is 34.8 Å². The number of aromatic nitrogens is 1. The van der Waals surface area contributed by atoms with Crippen molar-refractivity contribution in [1.29, 1.82) is 0 Å². The number of nitrogens with zero attached hydrogens (tertiary/aromatic N) is 2. The smallest absolute Gasteiger partial charge is 0.328 e. The third-order valence-corrected chi connectivity index (χ3v) is 9.23. The van der Waals surface area contributed by atoms with E-state index in [9.17, 15) is 4.79 Å². The Bertz CT molecular complexity index is 1900. The second kappa shape index (κ2) is 10.8. The van der Waals surface area contributed by atoms with Crippen LogP contribution in [0.25, 0.3) is 11.1 Å². The van der Waals surface area contributed by atoms with Crippen LogP contribution in [0.15, 0.2) is 152 Å². The maximum absolute atomic E-state index is 14.4. The molecule has 0 unspecified atom stereocenters. The average molecular weight is 573 g/mol. The number of hydrogen-bond acceptors (Lipinski definition) is 3. The Kier molecular flexibility index (Phi) is 6.50. The van der Waals surface area contributed by atoms with Crippen LogP contribution in [0.5, 0.6) is 0 Å². The van der Waals surface area contributed by atoms with E-state index in [4.69, 9.17) is 4.74 Å². The fourth-order valence-corrected chi connectivity index (χ4v) is 7.35. The van der Waals surface area contributed by atoms with Gasteiger partial charge in [0, 0.05) is 30.5 Å². The monoisotopic (exact) mass is 572 g/mol. The van der Waals surface area contributed by atoms with Crippen molar-refractivity contribution in [2.45, 2.75) is 31.3 Å². The van der Waals surface area contributed by atoms with Gasteiger partial charge in [-0.1, -0.05) is 140 Å². The Morgan fingerprint density at radius 2 is 1.20 bits per heavy atom. The summed E-state index contributed by atoms with van der Waals surface area (Å²) in [5, 5.41) is 0. The molecule has 6 aromatic rings. The van der Waals surface area contributed by atoms with Gasteiger partial charge in [0.2, 0.25) is 0 Å². The molecule has 0 radical (unpaired) electrons. The van der Waals surface area contributed by atoms with E-state index in [0.29, 0.717) is 6.54 Å². The van der Waals surface area contributed by atoms with Crippen LogP contribution in [-0.4, -0.2) is 15.4 Å². The molecule has 0 saturated heterocycles. The van der Waals surface area contributed by atoms with Crippen molar-refractivity contribution in [3.05, 3.63) is 191 Å². The second-order valence-electron chi connectivity index (χ2n) is 11.6. The van der Waals surface area contributed by atoms with Crippen molar-refractivity contribution in [1.82, 2.24) is 9.47 Å². The zero-order chi connectivity index (χ0) is 29.5. The molecule has 0 spiro atoms. The lowest BCUT2D eigenvalue weighted by molar-refractivity contribution is -0.153. The van der Waals surface area contributed by atoms with Gasteiger partial charge in [-0.05, 0) is 45.0 Å². The standard InChI is InChI=1S/C40H32N2O2/c43-39(44-28-30-16-6-2-7-17-30)38-34-24-25-41(26-29-14-4-1-5-15-29)37(34)27-42(38)40(31-18-8-3-9-19-31)35-22-12-10-20-32(35)33-21-11-13-23-36(33)40/h1-25,38H,26-28H2/t38-/m0/s1. The summed E-state index contributed by atoms with van der Waals surface area (Å²) in [4.78, 5) is 16.8. The van der Waals surface area contributed by atoms with E-state index in [1.165, 1.54) is 27.8 Å². The molecule has 0 N–H and O–H groups in total. The number of esters is 1. The molecule has 2 aliphatic rings. The first-order valence-electron chi connectivity index (χ1n) is 15.2. The maximum atomic E-state index is 14.4. The highest BCUT2D eigenvalue weighted by Gasteiger charge is 2.55. The van der Waals surface area contributed by atoms with Crippen LogP contribution in [0.4, 0.5) is 0 Å². The van der Waals surface area contributed by atoms with E-state index in [1.807, 2.05) is 36.4 Å². The first-order valence-corrected chi connectivity index (χ1v) is 15.2. The molecular weight excluding hydrogens is 540 g/mol. The first-order chi connectivity index (χ1) is 21.7. The van der Waals surface area contributed by atoms with Gasteiger partial charge in [0.1, 0.15) is 12.6 Å². The first kappa shape index (κ1) is 26.4. The quantitative estimate of drug-likeness (QED) is 0.181. The third-order valence-electron chi connectivity index (χ3n) is 9.23. The summed E-state index contributed by atoms with van der Waals surface area (Å²) in [7, 11) is 0. The van der Waals surface area contributed by atoms with E-state index in [2.05, 4.69) is 125 Å². The van der Waals surface area contributed by atoms with Crippen LogP contribution in [0.2, 0.25) is 0 Å². The fraction of sp³-hybridized carbons (Fsp3) is 0.125. The van der Waals surface area contributed by atoms with E-state index in [-0.39, 0.29) is 12.6 Å². The van der Waals surface area contributed by atoms with Crippen molar-refractivity contribution < 1.29 is 9.53 Å². The largest absolute Gasteiger partial charge is 0.459 e. The average Bonchev–Trinajstić information content (AvgIpc) is 3.75. The van der Waals surface area contributed by atoms with Gasteiger partial charge in [-0.25, -0.2) is 4.79 Å². The summed E-state index contributed by atoms with van der Waals surface area (Å²) in [6, 6.07) is 49.9. The number of fused-ring (bicyclic) bond motifs is 4. The van der Waals surface area contributed by atoms with Gasteiger partial charge >= 0.3 is 5.97 Å². The van der Waals surface area contributed by atoms with Gasteiger partial charge in [0.05, 0.1) is 5.54 Å². The Morgan fingerprint density at radius 1 is 0.659 bits per heavy atom. The molecular formula is C40H32N2O2. The summed E-state index contributed by atoms with van der Waals surface area (Å²) in [6.45, 7) is 1.56. The molecule has 1 aliphatic heterocycles. The lowest BCUT2D eigenvalue weighted by atomic mass is 9.78. The Hall–Kier alpha value is -5.19. The molecule has 0 saturated carbocycles. The Labute approximate surface area is 257 Å². The highest BCUT2D eigenvalue weighted by molar-refractivity contribution is 5.85. The van der Waals surface area contributed by atoms with Gasteiger partial charge in [0.25, 0.3) is 0 Å². The van der Waals surface area contributed by atoms with Gasteiger partial charge < -0.3 is 9.30 Å². The predicted molar refractivity (Wildman–Crippen MR) is 173 cm³/mol. The van der Waals surface area contributed by atoms with E-state index in [0.717, 1.165) is 28.9 Å². The number of carbonyl (C=O) groups excluding carboxylic acids is 1. The Balaban J connectivity index is 1.31. The highest BCUT2D eigenvalue weighted by atomic mass is 16.5. The van der Waals surface area contributed by atoms with Gasteiger partial charge in [-0.2, -0.15) is 0 Å². The number of carbonyl (C=O) groups is 1. The van der Waals surface area contributed by atoms with E-state index in [1.54, 1.807) is 0 Å². The van der Waals surface area contributed by atoms with Crippen LogP contribution < -0.4 is 0 Å². The molecule has 0 amide bonds. The lowest BCUT2D eigenvalue weighted by Crippen LogP contribution is -2.48. The fourth-order valence-electron chi connectivity index (χ4n) is 7.35. The summed E-state index contributed by atoms with van der Waals surface area (Å²) in [6.07, 6.45) is 2.12. The minimum Gasteiger partial charge on any atom is -0.459 e. The number of ether oxygens (including phenoxy) is 1. The topological polar surface area (TPSA) is 34.5 Å². The van der Waals surface area contributed by atoms with Crippen LogP contribution in [0.1, 0.15) is 45.1 Å². The molecule has 1 aromatic heterocycles. The summed E-state index contributed by atoms with van der Waals surface area (Å²) < 4.78 is 8.45. The molecule has 1 aliphatic carbocycles. The van der Waals surface area contributed by atoms with Crippen LogP contribution in [0, 0.1) is 0 Å². The highest BCUT2D eigenvalue weighted by Crippen LogP contribution is 2.58. The molecule has 5 aromatic carbocycles. The molecule has 8 rings (SSSR count). The van der Waals surface area contributed by atoms with Gasteiger partial charge in [-0.3, -0.25) is 4.90 Å². The zero-order valence-corrected chi connectivity index (χ0v) is 24.3. The van der Waals surface area contributed by atoms with Gasteiger partial charge in [0.15, 0.2) is 0 Å². The zero-order valence-electron chi connectivity index (χ0n) is 24.3. The Morgan fingerprint density at radius 3 is 1.84 bits per heavy atom. The minimum absolute atomic E-state index is 0.232. The molecule has 0 fully saturated rings. The van der Waals surface area contributed by atoms with E-state index >= 15 is 0 Å².